The summed E-state index contributed by atoms with van der Waals surface area (Å²) in [5.41, 5.74) is 9.62. The molecule has 0 unspecified atom stereocenters. The second-order valence-electron chi connectivity index (χ2n) is 13.1. The summed E-state index contributed by atoms with van der Waals surface area (Å²) in [6.45, 7) is 0. The van der Waals surface area contributed by atoms with Crippen LogP contribution < -0.4 is 31.6 Å². The summed E-state index contributed by atoms with van der Waals surface area (Å²) in [7, 11) is 0. The van der Waals surface area contributed by atoms with Crippen LogP contribution in [0.25, 0.3) is 0 Å². The maximum absolute atomic E-state index is 13.8. The first-order chi connectivity index (χ1) is 31.6. The molecule has 7 aromatic rings. The Balaban J connectivity index is 0.000000242. The number of hydrogen-bond acceptors (Lipinski definition) is 7. The Bertz CT molecular complexity index is 2800. The van der Waals surface area contributed by atoms with E-state index in [2.05, 4.69) is 10.6 Å². The molecule has 7 aromatic carbocycles. The molecule has 0 atom stereocenters. The summed E-state index contributed by atoms with van der Waals surface area (Å²) in [4.78, 5) is 34.7. The molecule has 22 heteroatoms. The van der Waals surface area contributed by atoms with E-state index in [4.69, 9.17) is 32.5 Å². The Labute approximate surface area is 374 Å². The molecule has 0 aromatic heterocycles. The average molecular weight is 965 g/mol. The lowest BCUT2D eigenvalue weighted by Crippen LogP contribution is -2.16. The third kappa shape index (κ3) is 12.5. The molecular weight excluding hydrogens is 940 g/mol. The van der Waals surface area contributed by atoms with Crippen molar-refractivity contribution >= 4 is 51.4 Å². The van der Waals surface area contributed by atoms with Gasteiger partial charge in [-0.25, -0.2) is 52.7 Å². The molecule has 0 heterocycles. The number of anilines is 4. The largest absolute Gasteiger partial charge is 0.457 e. The Morgan fingerprint density at radius 2 is 0.627 bits per heavy atom. The van der Waals surface area contributed by atoms with Gasteiger partial charge in [0.05, 0.1) is 16.7 Å². The number of halogens is 13. The van der Waals surface area contributed by atoms with Crippen molar-refractivity contribution < 1.29 is 76.5 Å². The van der Waals surface area contributed by atoms with E-state index >= 15 is 0 Å². The van der Waals surface area contributed by atoms with E-state index in [1.807, 2.05) is 24.3 Å². The number of nitrogens with one attached hydrogen (secondary N) is 2. The fourth-order valence-corrected chi connectivity index (χ4v) is 5.28. The standard InChI is InChI=1S/C26H12F8N2O3.C12H12N2O.C7HClF4O/c27-17-9-15(19(29)23(33)21(17)31)25(37)35-11-1-5-13(6-2-11)39-14-7-3-12(4-8-14)36-26(38)16-10-18(28)22(32)24(34)20(16)30;13-9-1-5-11(6-2-9)15-12-7-3-10(14)4-8-12;8-7(13)2-1-3(9)5(11)6(12)4(2)10/h1-10H,(H,35,37)(H,36,38);1-8H,13-14H2;1H. The molecule has 0 radical (unpaired) electrons. The summed E-state index contributed by atoms with van der Waals surface area (Å²) in [6, 6.07) is 25.9. The number of amides is 2. The van der Waals surface area contributed by atoms with Crippen LogP contribution in [0.5, 0.6) is 23.0 Å². The van der Waals surface area contributed by atoms with Crippen LogP contribution in [0.4, 0.5) is 75.4 Å². The van der Waals surface area contributed by atoms with Gasteiger partial charge in [0, 0.05) is 22.7 Å². The molecule has 6 N–H and O–H groups in total. The molecule has 0 aliphatic heterocycles. The lowest BCUT2D eigenvalue weighted by Gasteiger charge is -2.10. The number of benzene rings is 7. The first-order valence-electron chi connectivity index (χ1n) is 18.2. The van der Waals surface area contributed by atoms with E-state index in [0.29, 0.717) is 0 Å². The number of nitrogen functional groups attached to an aromatic ring is 2. The van der Waals surface area contributed by atoms with Crippen molar-refractivity contribution in [1.29, 1.82) is 0 Å². The van der Waals surface area contributed by atoms with E-state index < -0.39 is 104 Å². The Hall–Kier alpha value is -8.20. The molecule has 0 fully saturated rings. The van der Waals surface area contributed by atoms with Gasteiger partial charge in [-0.1, -0.05) is 0 Å². The van der Waals surface area contributed by atoms with Crippen molar-refractivity contribution in [3.63, 3.8) is 0 Å². The Morgan fingerprint density at radius 1 is 0.373 bits per heavy atom. The smallest absolute Gasteiger partial charge is 0.258 e. The van der Waals surface area contributed by atoms with Crippen LogP contribution in [0.2, 0.25) is 0 Å². The van der Waals surface area contributed by atoms with Crippen LogP contribution in [0, 0.1) is 69.8 Å². The summed E-state index contributed by atoms with van der Waals surface area (Å²) in [5, 5.41) is 2.99. The average Bonchev–Trinajstić information content (AvgIpc) is 3.30. The molecule has 0 aliphatic rings. The highest BCUT2D eigenvalue weighted by Crippen LogP contribution is 2.28. The highest BCUT2D eigenvalue weighted by Gasteiger charge is 2.25. The first-order valence-corrected chi connectivity index (χ1v) is 18.6. The third-order valence-corrected chi connectivity index (χ3v) is 8.67. The normalized spacial score (nSPS) is 10.5. The maximum atomic E-state index is 13.8. The second-order valence-corrected chi connectivity index (χ2v) is 13.5. The molecule has 0 bridgehead atoms. The molecular formula is C45H25ClF12N4O5. The quantitative estimate of drug-likeness (QED) is 0.0370. The number of ether oxygens (including phenoxy) is 2. The first kappa shape index (κ1) is 49.8. The van der Waals surface area contributed by atoms with Crippen molar-refractivity contribution in [1.82, 2.24) is 0 Å². The predicted molar refractivity (Wildman–Crippen MR) is 220 cm³/mol. The van der Waals surface area contributed by atoms with Crippen molar-refractivity contribution in [3.05, 3.63) is 202 Å². The fraction of sp³-hybridized carbons (Fsp3) is 0. The molecule has 2 amide bonds. The topological polar surface area (TPSA) is 146 Å². The number of carbonyl (C=O) groups excluding carboxylic acids is 3. The van der Waals surface area contributed by atoms with Crippen LogP contribution in [0.3, 0.4) is 0 Å². The predicted octanol–water partition coefficient (Wildman–Crippen LogP) is 12.4. The van der Waals surface area contributed by atoms with Crippen molar-refractivity contribution in [2.45, 2.75) is 0 Å². The SMILES string of the molecule is Nc1ccc(Oc2ccc(N)cc2)cc1.O=C(Cl)c1cc(F)c(F)c(F)c1F.O=C(Nc1ccc(Oc2ccc(NC(=O)c3cc(F)c(F)c(F)c3F)cc2)cc1)c1cc(F)c(F)c(F)c1F. The molecule has 7 rings (SSSR count). The van der Waals surface area contributed by atoms with E-state index in [1.54, 1.807) is 24.3 Å². The third-order valence-electron chi connectivity index (χ3n) is 8.46. The van der Waals surface area contributed by atoms with Gasteiger partial charge in [-0.05, 0) is 127 Å². The minimum atomic E-state index is -2.13. The zero-order valence-electron chi connectivity index (χ0n) is 33.1. The number of rotatable bonds is 9. The zero-order valence-corrected chi connectivity index (χ0v) is 33.8. The van der Waals surface area contributed by atoms with Gasteiger partial charge in [-0.2, -0.15) is 0 Å². The van der Waals surface area contributed by atoms with Gasteiger partial charge in [0.2, 0.25) is 0 Å². The monoisotopic (exact) mass is 964 g/mol. The minimum Gasteiger partial charge on any atom is -0.457 e. The van der Waals surface area contributed by atoms with Crippen LogP contribution >= 0.6 is 11.6 Å². The number of carbonyl (C=O) groups is 3. The number of hydrogen-bond donors (Lipinski definition) is 4. The van der Waals surface area contributed by atoms with Gasteiger partial charge in [-0.3, -0.25) is 14.4 Å². The van der Waals surface area contributed by atoms with E-state index in [0.717, 1.165) is 22.9 Å². The van der Waals surface area contributed by atoms with Crippen LogP contribution in [-0.2, 0) is 0 Å². The van der Waals surface area contributed by atoms with Gasteiger partial charge >= 0.3 is 0 Å². The molecule has 346 valence electrons. The van der Waals surface area contributed by atoms with Crippen LogP contribution in [0.1, 0.15) is 31.1 Å². The van der Waals surface area contributed by atoms with Crippen LogP contribution in [-0.4, -0.2) is 17.1 Å². The molecule has 9 nitrogen and oxygen atoms in total. The molecule has 67 heavy (non-hydrogen) atoms. The summed E-state index contributed by atoms with van der Waals surface area (Å²) < 4.78 is 168. The van der Waals surface area contributed by atoms with Crippen molar-refractivity contribution in [3.8, 4) is 23.0 Å². The second kappa shape index (κ2) is 21.7. The summed E-state index contributed by atoms with van der Waals surface area (Å²) in [5.74, 6) is -23.5. The minimum absolute atomic E-state index is 0.0795. The van der Waals surface area contributed by atoms with Crippen molar-refractivity contribution in [2.75, 3.05) is 22.1 Å². The highest BCUT2D eigenvalue weighted by atomic mass is 35.5. The maximum Gasteiger partial charge on any atom is 0.258 e. The Kier molecular flexibility index (Phi) is 16.1. The fourth-order valence-electron chi connectivity index (χ4n) is 5.15. The molecule has 0 saturated heterocycles. The van der Waals surface area contributed by atoms with Gasteiger partial charge in [-0.15, -0.1) is 0 Å². The lowest BCUT2D eigenvalue weighted by atomic mass is 10.1. The van der Waals surface area contributed by atoms with E-state index in [-0.39, 0.29) is 41.1 Å². The van der Waals surface area contributed by atoms with Crippen LogP contribution in [0.15, 0.2) is 115 Å². The molecule has 0 spiro atoms. The van der Waals surface area contributed by atoms with Crippen molar-refractivity contribution in [2.24, 2.45) is 0 Å². The van der Waals surface area contributed by atoms with Gasteiger partial charge < -0.3 is 31.6 Å². The highest BCUT2D eigenvalue weighted by molar-refractivity contribution is 6.67. The zero-order chi connectivity index (χ0) is 49.3. The Morgan fingerprint density at radius 3 is 0.910 bits per heavy atom. The van der Waals surface area contributed by atoms with Gasteiger partial charge in [0.25, 0.3) is 17.1 Å². The molecule has 0 aliphatic carbocycles. The van der Waals surface area contributed by atoms with Gasteiger partial charge in [0.1, 0.15) is 23.0 Å². The summed E-state index contributed by atoms with van der Waals surface area (Å²) in [6.07, 6.45) is 0. The number of nitrogens with two attached hydrogens (primary N) is 2. The van der Waals surface area contributed by atoms with E-state index in [9.17, 15) is 67.1 Å². The molecule has 0 saturated carbocycles. The van der Waals surface area contributed by atoms with Gasteiger partial charge in [0.15, 0.2) is 69.8 Å². The van der Waals surface area contributed by atoms with E-state index in [1.165, 1.54) is 48.5 Å². The lowest BCUT2D eigenvalue weighted by molar-refractivity contribution is 0.101. The summed E-state index contributed by atoms with van der Waals surface area (Å²) >= 11 is 4.77.